The molecule has 0 radical (unpaired) electrons. The number of rotatable bonds is 2. The molecule has 0 unspecified atom stereocenters. The number of ether oxygens (including phenoxy) is 2. The molecule has 0 atom stereocenters. The van der Waals surface area contributed by atoms with E-state index in [4.69, 9.17) is 0 Å². The summed E-state index contributed by atoms with van der Waals surface area (Å²) in [6.45, 7) is 0. The van der Waals surface area contributed by atoms with Gasteiger partial charge in [0.05, 0.1) is 7.11 Å². The Balaban J connectivity index is 2.79. The molecule has 0 heterocycles. The summed E-state index contributed by atoms with van der Waals surface area (Å²) in [6.07, 6.45) is -5.15. The van der Waals surface area contributed by atoms with E-state index in [1.165, 1.54) is 7.11 Å². The third-order valence-electron chi connectivity index (χ3n) is 1.85. The Morgan fingerprint density at radius 2 is 2.05 bits per heavy atom. The first-order valence-corrected chi connectivity index (χ1v) is 4.93. The van der Waals surface area contributed by atoms with E-state index in [0.29, 0.717) is 0 Å². The van der Waals surface area contributed by atoms with Gasteiger partial charge >= 0.3 is 12.3 Å². The Morgan fingerprint density at radius 1 is 1.37 bits per heavy atom. The number of carbonyl (C=O) groups is 1. The lowest BCUT2D eigenvalue weighted by Gasteiger charge is -2.09. The molecule has 7 heteroatoms. The van der Waals surface area contributed by atoms with Crippen LogP contribution in [0.2, 0.25) is 0 Å². The number of alkyl halides is 3. The molecule has 0 fully saturated rings. The fourth-order valence-corrected chi connectivity index (χ4v) is 1.08. The van der Waals surface area contributed by atoms with Crippen LogP contribution >= 0.6 is 0 Å². The third kappa shape index (κ3) is 5.29. The minimum atomic E-state index is -4.96. The molecular formula is C12H8F4O3. The third-order valence-corrected chi connectivity index (χ3v) is 1.85. The highest BCUT2D eigenvalue weighted by Gasteiger charge is 2.32. The summed E-state index contributed by atoms with van der Waals surface area (Å²) in [5, 5.41) is 0. The van der Waals surface area contributed by atoms with Crippen molar-refractivity contribution in [3.63, 3.8) is 0 Å². The van der Waals surface area contributed by atoms with Crippen LogP contribution in [0.5, 0.6) is 5.75 Å². The maximum atomic E-state index is 13.2. The molecule has 1 aromatic carbocycles. The number of benzene rings is 1. The molecule has 0 aliphatic heterocycles. The highest BCUT2D eigenvalue weighted by atomic mass is 19.4. The Morgan fingerprint density at radius 3 is 2.58 bits per heavy atom. The van der Waals surface area contributed by atoms with Crippen molar-refractivity contribution in [1.82, 2.24) is 0 Å². The number of hydrogen-bond acceptors (Lipinski definition) is 3. The lowest BCUT2D eigenvalue weighted by Crippen LogP contribution is -2.17. The summed E-state index contributed by atoms with van der Waals surface area (Å²) in [6, 6.07) is 2.74. The Labute approximate surface area is 106 Å². The van der Waals surface area contributed by atoms with Crippen molar-refractivity contribution in [3.05, 3.63) is 29.6 Å². The van der Waals surface area contributed by atoms with Crippen molar-refractivity contribution >= 4 is 5.97 Å². The van der Waals surface area contributed by atoms with Gasteiger partial charge in [0.15, 0.2) is 11.6 Å². The molecule has 102 valence electrons. The maximum Gasteiger partial charge on any atom is 0.573 e. The smallest absolute Gasteiger partial charge is 0.468 e. The van der Waals surface area contributed by atoms with E-state index < -0.39 is 23.9 Å². The quantitative estimate of drug-likeness (QED) is 0.473. The fraction of sp³-hybridized carbons (Fsp3) is 0.250. The summed E-state index contributed by atoms with van der Waals surface area (Å²) >= 11 is 0. The topological polar surface area (TPSA) is 35.5 Å². The number of methoxy groups -OCH3 is 1. The predicted molar refractivity (Wildman–Crippen MR) is 56.6 cm³/mol. The zero-order valence-corrected chi connectivity index (χ0v) is 9.68. The minimum absolute atomic E-state index is 0.121. The van der Waals surface area contributed by atoms with Gasteiger partial charge in [0.1, 0.15) is 6.42 Å². The van der Waals surface area contributed by atoms with Crippen LogP contribution in [0.25, 0.3) is 0 Å². The maximum absolute atomic E-state index is 13.2. The molecule has 1 aromatic rings. The highest BCUT2D eigenvalue weighted by Crippen LogP contribution is 2.25. The van der Waals surface area contributed by atoms with Crippen LogP contribution in [0, 0.1) is 17.7 Å². The van der Waals surface area contributed by atoms with Gasteiger partial charge in [-0.2, -0.15) is 0 Å². The van der Waals surface area contributed by atoms with Crippen molar-refractivity contribution in [3.8, 4) is 17.6 Å². The van der Waals surface area contributed by atoms with Crippen LogP contribution in [-0.4, -0.2) is 19.4 Å². The SMILES string of the molecule is COC(=O)CC#Cc1ccc(OC(F)(F)F)c(F)c1. The van der Waals surface area contributed by atoms with Gasteiger partial charge in [0.2, 0.25) is 0 Å². The summed E-state index contributed by atoms with van der Waals surface area (Å²) < 4.78 is 56.7. The average molecular weight is 276 g/mol. The average Bonchev–Trinajstić information content (AvgIpc) is 2.31. The van der Waals surface area contributed by atoms with Gasteiger partial charge in [0.25, 0.3) is 0 Å². The van der Waals surface area contributed by atoms with Crippen molar-refractivity contribution in [2.24, 2.45) is 0 Å². The van der Waals surface area contributed by atoms with Crippen LogP contribution in [0.4, 0.5) is 17.6 Å². The van der Waals surface area contributed by atoms with Crippen LogP contribution in [0.15, 0.2) is 18.2 Å². The zero-order valence-electron chi connectivity index (χ0n) is 9.68. The van der Waals surface area contributed by atoms with E-state index in [1.807, 2.05) is 0 Å². The van der Waals surface area contributed by atoms with Gasteiger partial charge in [-0.05, 0) is 18.2 Å². The fourth-order valence-electron chi connectivity index (χ4n) is 1.08. The molecule has 0 bridgehead atoms. The van der Waals surface area contributed by atoms with Gasteiger partial charge in [-0.1, -0.05) is 11.8 Å². The summed E-state index contributed by atoms with van der Waals surface area (Å²) in [4.78, 5) is 10.7. The van der Waals surface area contributed by atoms with Crippen molar-refractivity contribution in [2.45, 2.75) is 12.8 Å². The van der Waals surface area contributed by atoms with Crippen LogP contribution in [0.1, 0.15) is 12.0 Å². The van der Waals surface area contributed by atoms with Crippen LogP contribution < -0.4 is 4.74 Å². The second kappa shape index (κ2) is 6.09. The highest BCUT2D eigenvalue weighted by molar-refractivity contribution is 5.72. The molecule has 0 aromatic heterocycles. The van der Waals surface area contributed by atoms with Gasteiger partial charge < -0.3 is 9.47 Å². The van der Waals surface area contributed by atoms with Crippen LogP contribution in [-0.2, 0) is 9.53 Å². The molecule has 0 spiro atoms. The Kier molecular flexibility index (Phi) is 4.75. The summed E-state index contributed by atoms with van der Waals surface area (Å²) in [5.41, 5.74) is 0.121. The van der Waals surface area contributed by atoms with Gasteiger partial charge in [-0.3, -0.25) is 4.79 Å². The van der Waals surface area contributed by atoms with E-state index in [2.05, 4.69) is 21.3 Å². The lowest BCUT2D eigenvalue weighted by atomic mass is 10.2. The number of halogens is 4. The molecule has 0 saturated carbocycles. The molecular weight excluding hydrogens is 268 g/mol. The molecule has 3 nitrogen and oxygen atoms in total. The largest absolute Gasteiger partial charge is 0.573 e. The van der Waals surface area contributed by atoms with E-state index in [1.54, 1.807) is 0 Å². The standard InChI is InChI=1S/C12H8F4O3/c1-18-11(17)4-2-3-8-5-6-10(9(13)7-8)19-12(14,15)16/h5-7H,4H2,1H3. The number of esters is 1. The molecule has 0 N–H and O–H groups in total. The van der Waals surface area contributed by atoms with E-state index >= 15 is 0 Å². The number of carbonyl (C=O) groups excluding carboxylic acids is 1. The van der Waals surface area contributed by atoms with E-state index in [9.17, 15) is 22.4 Å². The van der Waals surface area contributed by atoms with Crippen molar-refractivity contribution in [2.75, 3.05) is 7.11 Å². The first kappa shape index (κ1) is 14.8. The van der Waals surface area contributed by atoms with E-state index in [-0.39, 0.29) is 12.0 Å². The van der Waals surface area contributed by atoms with Crippen LogP contribution in [0.3, 0.4) is 0 Å². The lowest BCUT2D eigenvalue weighted by molar-refractivity contribution is -0.275. The van der Waals surface area contributed by atoms with Gasteiger partial charge in [-0.25, -0.2) is 4.39 Å². The molecule has 0 saturated heterocycles. The Bertz CT molecular complexity index is 526. The van der Waals surface area contributed by atoms with Gasteiger partial charge in [-0.15, -0.1) is 13.2 Å². The minimum Gasteiger partial charge on any atom is -0.468 e. The number of hydrogen-bond donors (Lipinski definition) is 0. The Hall–Kier alpha value is -2.23. The van der Waals surface area contributed by atoms with Crippen molar-refractivity contribution in [1.29, 1.82) is 0 Å². The van der Waals surface area contributed by atoms with E-state index in [0.717, 1.165) is 18.2 Å². The summed E-state index contributed by atoms with van der Waals surface area (Å²) in [5.74, 6) is 2.11. The summed E-state index contributed by atoms with van der Waals surface area (Å²) in [7, 11) is 1.19. The first-order valence-electron chi connectivity index (χ1n) is 4.93. The molecule has 19 heavy (non-hydrogen) atoms. The first-order chi connectivity index (χ1) is 8.81. The second-order valence-electron chi connectivity index (χ2n) is 3.25. The monoisotopic (exact) mass is 276 g/mol. The normalized spacial score (nSPS) is 10.4. The molecule has 1 rings (SSSR count). The molecule has 0 aliphatic rings. The molecule has 0 aliphatic carbocycles. The second-order valence-corrected chi connectivity index (χ2v) is 3.25. The van der Waals surface area contributed by atoms with Crippen molar-refractivity contribution < 1.29 is 31.8 Å². The predicted octanol–water partition coefficient (Wildman–Crippen LogP) is 2.64. The van der Waals surface area contributed by atoms with Gasteiger partial charge in [0, 0.05) is 5.56 Å². The molecule has 0 amide bonds. The zero-order chi connectivity index (χ0) is 14.5.